The van der Waals surface area contributed by atoms with E-state index in [1.807, 2.05) is 11.3 Å². The van der Waals surface area contributed by atoms with Gasteiger partial charge in [-0.2, -0.15) is 0 Å². The van der Waals surface area contributed by atoms with Crippen LogP contribution in [0.5, 0.6) is 0 Å². The van der Waals surface area contributed by atoms with Gasteiger partial charge in [-0.3, -0.25) is 0 Å². The first kappa shape index (κ1) is 11.7. The van der Waals surface area contributed by atoms with Crippen LogP contribution in [0.25, 0.3) is 0 Å². The molecule has 1 aliphatic heterocycles. The van der Waals surface area contributed by atoms with E-state index in [2.05, 4.69) is 10.7 Å². The van der Waals surface area contributed by atoms with Gasteiger partial charge in [-0.05, 0) is 51.1 Å². The van der Waals surface area contributed by atoms with Gasteiger partial charge >= 0.3 is 0 Å². The van der Waals surface area contributed by atoms with Gasteiger partial charge in [0.2, 0.25) is 0 Å². The Morgan fingerprint density at radius 1 is 1.29 bits per heavy atom. The number of nitrogens with one attached hydrogen (secondary N) is 1. The van der Waals surface area contributed by atoms with Crippen molar-refractivity contribution in [1.29, 1.82) is 0 Å². The third-order valence-corrected chi connectivity index (χ3v) is 5.20. The molecule has 2 nitrogen and oxygen atoms in total. The maximum absolute atomic E-state index is 4.85. The molecule has 1 aliphatic carbocycles. The molecule has 0 aromatic carbocycles. The van der Waals surface area contributed by atoms with E-state index >= 15 is 0 Å². The SMILES string of the molecule is c1sc(CCC2CCNC2)nc1C1CCCC1. The number of thiazole rings is 1. The van der Waals surface area contributed by atoms with Crippen LogP contribution in [0.3, 0.4) is 0 Å². The summed E-state index contributed by atoms with van der Waals surface area (Å²) in [6.07, 6.45) is 9.44. The summed E-state index contributed by atoms with van der Waals surface area (Å²) in [5.74, 6) is 1.68. The Hall–Kier alpha value is -0.410. The Morgan fingerprint density at radius 2 is 2.18 bits per heavy atom. The average Bonchev–Trinajstić information content (AvgIpc) is 3.09. The number of hydrogen-bond acceptors (Lipinski definition) is 3. The number of aryl methyl sites for hydroxylation is 1. The molecule has 3 rings (SSSR count). The van der Waals surface area contributed by atoms with Crippen LogP contribution in [-0.4, -0.2) is 18.1 Å². The minimum Gasteiger partial charge on any atom is -0.316 e. The maximum atomic E-state index is 4.85. The largest absolute Gasteiger partial charge is 0.316 e. The lowest BCUT2D eigenvalue weighted by molar-refractivity contribution is 0.531. The molecule has 1 atom stereocenters. The second-order valence-electron chi connectivity index (χ2n) is 5.54. The van der Waals surface area contributed by atoms with Crippen molar-refractivity contribution in [1.82, 2.24) is 10.3 Å². The molecular formula is C14H22N2S. The van der Waals surface area contributed by atoms with Crippen molar-refractivity contribution >= 4 is 11.3 Å². The third kappa shape index (κ3) is 2.89. The lowest BCUT2D eigenvalue weighted by Crippen LogP contribution is -2.09. The number of hydrogen-bond donors (Lipinski definition) is 1. The van der Waals surface area contributed by atoms with Crippen molar-refractivity contribution in [3.63, 3.8) is 0 Å². The van der Waals surface area contributed by atoms with E-state index < -0.39 is 0 Å². The van der Waals surface area contributed by atoms with Crippen molar-refractivity contribution in [2.45, 2.75) is 50.9 Å². The molecule has 0 amide bonds. The molecule has 2 heterocycles. The van der Waals surface area contributed by atoms with Crippen molar-refractivity contribution in [2.75, 3.05) is 13.1 Å². The summed E-state index contributed by atoms with van der Waals surface area (Å²) in [5, 5.41) is 7.13. The van der Waals surface area contributed by atoms with E-state index in [1.165, 1.54) is 68.7 Å². The minimum absolute atomic E-state index is 0.785. The van der Waals surface area contributed by atoms with Gasteiger partial charge in [0.15, 0.2) is 0 Å². The Labute approximate surface area is 108 Å². The first-order valence-electron chi connectivity index (χ1n) is 7.07. The van der Waals surface area contributed by atoms with Crippen LogP contribution in [0.4, 0.5) is 0 Å². The van der Waals surface area contributed by atoms with Gasteiger partial charge in [-0.25, -0.2) is 4.98 Å². The fraction of sp³-hybridized carbons (Fsp3) is 0.786. The maximum Gasteiger partial charge on any atom is 0.0928 e. The lowest BCUT2D eigenvalue weighted by Gasteiger charge is -2.06. The van der Waals surface area contributed by atoms with Crippen LogP contribution in [0.15, 0.2) is 5.38 Å². The summed E-state index contributed by atoms with van der Waals surface area (Å²) >= 11 is 1.89. The molecule has 94 valence electrons. The predicted molar refractivity (Wildman–Crippen MR) is 72.6 cm³/mol. The fourth-order valence-corrected chi connectivity index (χ4v) is 4.03. The topological polar surface area (TPSA) is 24.9 Å². The first-order chi connectivity index (χ1) is 8.42. The minimum atomic E-state index is 0.785. The second kappa shape index (κ2) is 5.49. The van der Waals surface area contributed by atoms with Gasteiger partial charge < -0.3 is 5.32 Å². The smallest absolute Gasteiger partial charge is 0.0928 e. The van der Waals surface area contributed by atoms with Gasteiger partial charge in [0.1, 0.15) is 0 Å². The van der Waals surface area contributed by atoms with E-state index in [0.717, 1.165) is 11.8 Å². The zero-order valence-corrected chi connectivity index (χ0v) is 11.3. The monoisotopic (exact) mass is 250 g/mol. The van der Waals surface area contributed by atoms with Crippen molar-refractivity contribution in [3.8, 4) is 0 Å². The van der Waals surface area contributed by atoms with Crippen LogP contribution in [-0.2, 0) is 6.42 Å². The molecule has 2 fully saturated rings. The molecular weight excluding hydrogens is 228 g/mol. The molecule has 1 saturated heterocycles. The Morgan fingerprint density at radius 3 is 2.94 bits per heavy atom. The highest BCUT2D eigenvalue weighted by molar-refractivity contribution is 7.09. The highest BCUT2D eigenvalue weighted by atomic mass is 32.1. The Bertz CT molecular complexity index is 349. The molecule has 0 radical (unpaired) electrons. The van der Waals surface area contributed by atoms with Crippen LogP contribution in [0, 0.1) is 5.92 Å². The molecule has 3 heteroatoms. The van der Waals surface area contributed by atoms with Crippen LogP contribution < -0.4 is 5.32 Å². The van der Waals surface area contributed by atoms with Crippen molar-refractivity contribution in [2.24, 2.45) is 5.92 Å². The average molecular weight is 250 g/mol. The van der Waals surface area contributed by atoms with E-state index in [1.54, 1.807) is 0 Å². The molecule has 1 N–H and O–H groups in total. The number of rotatable bonds is 4. The lowest BCUT2D eigenvalue weighted by atomic mass is 10.0. The van der Waals surface area contributed by atoms with Gasteiger partial charge in [0.05, 0.1) is 10.7 Å². The van der Waals surface area contributed by atoms with Crippen molar-refractivity contribution < 1.29 is 0 Å². The van der Waals surface area contributed by atoms with Gasteiger partial charge in [0, 0.05) is 11.3 Å². The van der Waals surface area contributed by atoms with Gasteiger partial charge in [-0.15, -0.1) is 11.3 Å². The first-order valence-corrected chi connectivity index (χ1v) is 7.95. The standard InChI is InChI=1S/C14H22N2S/c1-2-4-12(3-1)13-10-17-14(16-13)6-5-11-7-8-15-9-11/h10-12,15H,1-9H2. The highest BCUT2D eigenvalue weighted by Gasteiger charge is 2.20. The van der Waals surface area contributed by atoms with E-state index in [9.17, 15) is 0 Å². The quantitative estimate of drug-likeness (QED) is 0.886. The molecule has 1 unspecified atom stereocenters. The molecule has 1 aromatic heterocycles. The predicted octanol–water partition coefficient (Wildman–Crippen LogP) is 3.34. The van der Waals surface area contributed by atoms with E-state index in [-0.39, 0.29) is 0 Å². The summed E-state index contributed by atoms with van der Waals surface area (Å²) < 4.78 is 0. The number of aromatic nitrogens is 1. The molecule has 2 aliphatic rings. The van der Waals surface area contributed by atoms with Crippen molar-refractivity contribution in [3.05, 3.63) is 16.1 Å². The molecule has 1 saturated carbocycles. The third-order valence-electron chi connectivity index (χ3n) is 4.27. The summed E-state index contributed by atoms with van der Waals surface area (Å²) in [4.78, 5) is 4.85. The van der Waals surface area contributed by atoms with E-state index in [4.69, 9.17) is 4.98 Å². The Kier molecular flexibility index (Phi) is 3.77. The fourth-order valence-electron chi connectivity index (χ4n) is 3.14. The molecule has 1 aromatic rings. The van der Waals surface area contributed by atoms with Crippen LogP contribution in [0.1, 0.15) is 55.1 Å². The number of nitrogens with zero attached hydrogens (tertiary/aromatic N) is 1. The summed E-state index contributed by atoms with van der Waals surface area (Å²) in [7, 11) is 0. The Balaban J connectivity index is 1.52. The molecule has 0 bridgehead atoms. The van der Waals surface area contributed by atoms with Crippen LogP contribution >= 0.6 is 11.3 Å². The van der Waals surface area contributed by atoms with Gasteiger partial charge in [-0.1, -0.05) is 12.8 Å². The van der Waals surface area contributed by atoms with E-state index in [0.29, 0.717) is 0 Å². The second-order valence-corrected chi connectivity index (χ2v) is 6.49. The van der Waals surface area contributed by atoms with Gasteiger partial charge in [0.25, 0.3) is 0 Å². The highest BCUT2D eigenvalue weighted by Crippen LogP contribution is 2.34. The zero-order valence-electron chi connectivity index (χ0n) is 10.5. The zero-order chi connectivity index (χ0) is 11.5. The molecule has 17 heavy (non-hydrogen) atoms. The summed E-state index contributed by atoms with van der Waals surface area (Å²) in [6, 6.07) is 0. The summed E-state index contributed by atoms with van der Waals surface area (Å²) in [6.45, 7) is 2.44. The molecule has 0 spiro atoms. The van der Waals surface area contributed by atoms with Crippen LogP contribution in [0.2, 0.25) is 0 Å². The summed E-state index contributed by atoms with van der Waals surface area (Å²) in [5.41, 5.74) is 1.40. The normalized spacial score (nSPS) is 25.8.